The molecule has 1 atom stereocenters. The van der Waals surface area contributed by atoms with E-state index in [2.05, 4.69) is 5.16 Å². The van der Waals surface area contributed by atoms with Crippen LogP contribution in [0.3, 0.4) is 0 Å². The summed E-state index contributed by atoms with van der Waals surface area (Å²) in [5, 5.41) is 11.4. The Morgan fingerprint density at radius 2 is 2.00 bits per heavy atom. The molecule has 0 amide bonds. The highest BCUT2D eigenvalue weighted by molar-refractivity contribution is 5.80. The van der Waals surface area contributed by atoms with E-state index < -0.39 is 17.4 Å². The number of benzene rings is 1. The number of hydrogen-bond donors (Lipinski definition) is 1. The molecule has 0 fully saturated rings. The molecule has 0 bridgehead atoms. The Kier molecular flexibility index (Phi) is 4.71. The third-order valence-electron chi connectivity index (χ3n) is 3.32. The maximum Gasteiger partial charge on any atom is 0.416 e. The fraction of sp³-hybridized carbons (Fsp3) is 0.312. The van der Waals surface area contributed by atoms with Gasteiger partial charge in [0, 0.05) is 6.42 Å². The minimum atomic E-state index is -4.48. The molecule has 1 aromatic carbocycles. The van der Waals surface area contributed by atoms with Gasteiger partial charge in [-0.3, -0.25) is 0 Å². The fourth-order valence-electron chi connectivity index (χ4n) is 2.31. The van der Waals surface area contributed by atoms with Crippen LogP contribution in [0.5, 0.6) is 0 Å². The molecule has 0 saturated carbocycles. The maximum atomic E-state index is 13.0. The van der Waals surface area contributed by atoms with Gasteiger partial charge in [0.25, 0.3) is 0 Å². The van der Waals surface area contributed by atoms with Gasteiger partial charge in [-0.2, -0.15) is 13.2 Å². The SMILES string of the molecule is CC1(OCc2ccccc2)C=C(C(F)(F)F)C=C(C=NO)C1. The minimum Gasteiger partial charge on any atom is -0.411 e. The average Bonchev–Trinajstić information content (AvgIpc) is 2.45. The number of allylic oxidation sites excluding steroid dienone is 2. The molecule has 0 spiro atoms. The van der Waals surface area contributed by atoms with Crippen molar-refractivity contribution in [2.75, 3.05) is 0 Å². The fourth-order valence-corrected chi connectivity index (χ4v) is 2.31. The molecular weight excluding hydrogens is 295 g/mol. The molecule has 118 valence electrons. The molecule has 1 aliphatic rings. The van der Waals surface area contributed by atoms with Gasteiger partial charge in [0.15, 0.2) is 0 Å². The molecule has 22 heavy (non-hydrogen) atoms. The highest BCUT2D eigenvalue weighted by atomic mass is 19.4. The lowest BCUT2D eigenvalue weighted by atomic mass is 9.87. The van der Waals surface area contributed by atoms with E-state index in [1.54, 1.807) is 6.92 Å². The third kappa shape index (κ3) is 4.21. The maximum absolute atomic E-state index is 13.0. The number of alkyl halides is 3. The van der Waals surface area contributed by atoms with Gasteiger partial charge in [-0.05, 0) is 30.2 Å². The Morgan fingerprint density at radius 3 is 2.59 bits per heavy atom. The van der Waals surface area contributed by atoms with E-state index in [0.29, 0.717) is 0 Å². The molecule has 1 N–H and O–H groups in total. The summed E-state index contributed by atoms with van der Waals surface area (Å²) in [7, 11) is 0. The summed E-state index contributed by atoms with van der Waals surface area (Å²) in [5.41, 5.74) is -0.791. The molecule has 0 heterocycles. The van der Waals surface area contributed by atoms with Crippen LogP contribution in [0, 0.1) is 0 Å². The number of rotatable bonds is 4. The van der Waals surface area contributed by atoms with Gasteiger partial charge in [0.1, 0.15) is 0 Å². The lowest BCUT2D eigenvalue weighted by Gasteiger charge is -2.31. The van der Waals surface area contributed by atoms with Crippen LogP contribution in [0.15, 0.2) is 58.8 Å². The molecular formula is C16H16F3NO2. The Labute approximate surface area is 126 Å². The molecule has 3 nitrogen and oxygen atoms in total. The van der Waals surface area contributed by atoms with Crippen LogP contribution in [-0.4, -0.2) is 23.2 Å². The van der Waals surface area contributed by atoms with Gasteiger partial charge in [-0.15, -0.1) is 0 Å². The smallest absolute Gasteiger partial charge is 0.411 e. The predicted octanol–water partition coefficient (Wildman–Crippen LogP) is 4.24. The highest BCUT2D eigenvalue weighted by Crippen LogP contribution is 2.37. The van der Waals surface area contributed by atoms with Crippen LogP contribution in [0.1, 0.15) is 18.9 Å². The normalized spacial score (nSPS) is 22.5. The van der Waals surface area contributed by atoms with E-state index in [1.807, 2.05) is 30.3 Å². The van der Waals surface area contributed by atoms with E-state index in [4.69, 9.17) is 9.94 Å². The summed E-state index contributed by atoms with van der Waals surface area (Å²) in [5.74, 6) is 0. The van der Waals surface area contributed by atoms with E-state index in [1.165, 1.54) is 0 Å². The number of oxime groups is 1. The van der Waals surface area contributed by atoms with Crippen LogP contribution < -0.4 is 0 Å². The van der Waals surface area contributed by atoms with E-state index >= 15 is 0 Å². The summed E-state index contributed by atoms with van der Waals surface area (Å²) in [6.45, 7) is 1.78. The van der Waals surface area contributed by atoms with E-state index in [0.717, 1.165) is 23.9 Å². The zero-order valence-electron chi connectivity index (χ0n) is 12.0. The summed E-state index contributed by atoms with van der Waals surface area (Å²) in [4.78, 5) is 0. The van der Waals surface area contributed by atoms with Gasteiger partial charge in [0.2, 0.25) is 0 Å². The molecule has 6 heteroatoms. The Hall–Kier alpha value is -2.08. The molecule has 0 aliphatic heterocycles. The van der Waals surface area contributed by atoms with Gasteiger partial charge < -0.3 is 9.94 Å². The van der Waals surface area contributed by atoms with Crippen molar-refractivity contribution in [1.82, 2.24) is 0 Å². The summed E-state index contributed by atoms with van der Waals surface area (Å²) < 4.78 is 44.7. The average molecular weight is 311 g/mol. The first kappa shape index (κ1) is 16.3. The van der Waals surface area contributed by atoms with Crippen molar-refractivity contribution >= 4 is 6.21 Å². The first-order valence-corrected chi connectivity index (χ1v) is 6.68. The summed E-state index contributed by atoms with van der Waals surface area (Å²) in [6, 6.07) is 9.20. The van der Waals surface area contributed by atoms with Gasteiger partial charge in [0.05, 0.1) is 24.0 Å². The van der Waals surface area contributed by atoms with Gasteiger partial charge in [-0.25, -0.2) is 0 Å². The van der Waals surface area contributed by atoms with E-state index in [9.17, 15) is 13.2 Å². The Bertz CT molecular complexity index is 606. The molecule has 1 unspecified atom stereocenters. The van der Waals surface area contributed by atoms with Crippen molar-refractivity contribution < 1.29 is 23.1 Å². The zero-order valence-corrected chi connectivity index (χ0v) is 12.0. The molecule has 0 saturated heterocycles. The minimum absolute atomic E-state index is 0.197. The Morgan fingerprint density at radius 1 is 1.32 bits per heavy atom. The van der Waals surface area contributed by atoms with Gasteiger partial charge >= 0.3 is 6.18 Å². The molecule has 2 rings (SSSR count). The molecule has 1 aliphatic carbocycles. The van der Waals surface area contributed by atoms with Gasteiger partial charge in [-0.1, -0.05) is 35.5 Å². The molecule has 0 aromatic heterocycles. The number of halogens is 3. The van der Waals surface area contributed by atoms with Crippen LogP contribution >= 0.6 is 0 Å². The van der Waals surface area contributed by atoms with Crippen molar-refractivity contribution in [3.05, 3.63) is 59.2 Å². The van der Waals surface area contributed by atoms with Crippen molar-refractivity contribution in [3.63, 3.8) is 0 Å². The lowest BCUT2D eigenvalue weighted by Crippen LogP contribution is -2.32. The first-order chi connectivity index (χ1) is 10.3. The second-order valence-electron chi connectivity index (χ2n) is 5.32. The van der Waals surface area contributed by atoms with E-state index in [-0.39, 0.29) is 18.6 Å². The Balaban J connectivity index is 2.21. The van der Waals surface area contributed by atoms with Crippen molar-refractivity contribution in [3.8, 4) is 0 Å². The quantitative estimate of drug-likeness (QED) is 0.513. The highest BCUT2D eigenvalue weighted by Gasteiger charge is 2.38. The second-order valence-corrected chi connectivity index (χ2v) is 5.32. The van der Waals surface area contributed by atoms with Crippen LogP contribution in [0.25, 0.3) is 0 Å². The molecule has 1 aromatic rings. The van der Waals surface area contributed by atoms with Crippen LogP contribution in [-0.2, 0) is 11.3 Å². The molecule has 0 radical (unpaired) electrons. The summed E-state index contributed by atoms with van der Waals surface area (Å²) in [6.07, 6.45) is -1.24. The zero-order chi connectivity index (χ0) is 16.2. The topological polar surface area (TPSA) is 41.8 Å². The largest absolute Gasteiger partial charge is 0.416 e. The summed E-state index contributed by atoms with van der Waals surface area (Å²) >= 11 is 0. The first-order valence-electron chi connectivity index (χ1n) is 6.68. The van der Waals surface area contributed by atoms with Crippen LogP contribution in [0.2, 0.25) is 0 Å². The van der Waals surface area contributed by atoms with Crippen LogP contribution in [0.4, 0.5) is 13.2 Å². The predicted molar refractivity (Wildman–Crippen MR) is 76.8 cm³/mol. The monoisotopic (exact) mass is 311 g/mol. The third-order valence-corrected chi connectivity index (χ3v) is 3.32. The van der Waals surface area contributed by atoms with Crippen molar-refractivity contribution in [2.24, 2.45) is 5.16 Å². The lowest BCUT2D eigenvalue weighted by molar-refractivity contribution is -0.0923. The number of nitrogens with zero attached hydrogens (tertiary/aromatic N) is 1. The number of hydrogen-bond acceptors (Lipinski definition) is 3. The van der Waals surface area contributed by atoms with Crippen molar-refractivity contribution in [2.45, 2.75) is 31.7 Å². The second kappa shape index (κ2) is 6.36. The standard InChI is InChI=1S/C16H16F3NO2/c1-15(22-11-12-5-3-2-4-6-12)8-13(10-20-21)7-14(9-15)16(17,18)19/h2-7,9-10,21H,8,11H2,1H3. The number of ether oxygens (including phenoxy) is 1. The van der Waals surface area contributed by atoms with Crippen molar-refractivity contribution in [1.29, 1.82) is 0 Å².